The largest absolute Gasteiger partial charge is 0.496 e. The molecule has 1 saturated heterocycles. The van der Waals surface area contributed by atoms with Crippen molar-refractivity contribution in [3.8, 4) is 5.75 Å². The molecule has 1 aromatic carbocycles. The second kappa shape index (κ2) is 5.29. The summed E-state index contributed by atoms with van der Waals surface area (Å²) < 4.78 is 5.36. The van der Waals surface area contributed by atoms with E-state index in [1.165, 1.54) is 0 Å². The van der Waals surface area contributed by atoms with Crippen LogP contribution in [0.3, 0.4) is 0 Å². The Bertz CT molecular complexity index is 395. The van der Waals surface area contributed by atoms with Crippen LogP contribution in [0.5, 0.6) is 5.75 Å². The van der Waals surface area contributed by atoms with E-state index in [1.54, 1.807) is 7.11 Å². The first-order valence-corrected chi connectivity index (χ1v) is 6.67. The van der Waals surface area contributed by atoms with Gasteiger partial charge in [-0.2, -0.15) is 0 Å². The molecule has 100 valence electrons. The number of aliphatic hydroxyl groups is 1. The fraction of sp³-hybridized carbons (Fsp3) is 0.600. The lowest BCUT2D eigenvalue weighted by Gasteiger charge is -2.40. The maximum atomic E-state index is 10.8. The van der Waals surface area contributed by atoms with Crippen LogP contribution in [-0.4, -0.2) is 36.2 Å². The zero-order valence-corrected chi connectivity index (χ0v) is 11.5. The van der Waals surface area contributed by atoms with Crippen molar-refractivity contribution in [1.29, 1.82) is 0 Å². The van der Waals surface area contributed by atoms with Gasteiger partial charge in [-0.1, -0.05) is 18.2 Å². The molecule has 0 amide bonds. The molecular weight excluding hydrogens is 226 g/mol. The first kappa shape index (κ1) is 13.4. The van der Waals surface area contributed by atoms with Crippen molar-refractivity contribution >= 4 is 0 Å². The van der Waals surface area contributed by atoms with Crippen LogP contribution in [0.2, 0.25) is 0 Å². The van der Waals surface area contributed by atoms with Gasteiger partial charge in [-0.25, -0.2) is 0 Å². The van der Waals surface area contributed by atoms with Gasteiger partial charge in [-0.05, 0) is 32.8 Å². The van der Waals surface area contributed by atoms with Crippen molar-refractivity contribution in [2.24, 2.45) is 0 Å². The molecule has 1 fully saturated rings. The topological polar surface area (TPSA) is 32.7 Å². The van der Waals surface area contributed by atoms with Crippen molar-refractivity contribution < 1.29 is 9.84 Å². The lowest BCUT2D eigenvalue weighted by Crippen LogP contribution is -2.45. The molecule has 0 spiro atoms. The van der Waals surface area contributed by atoms with E-state index in [4.69, 9.17) is 4.74 Å². The summed E-state index contributed by atoms with van der Waals surface area (Å²) in [5.74, 6) is 0.790. The van der Waals surface area contributed by atoms with Gasteiger partial charge in [0.1, 0.15) is 5.75 Å². The predicted octanol–water partition coefficient (Wildman–Crippen LogP) is 2.39. The Morgan fingerprint density at radius 2 is 1.83 bits per heavy atom. The normalized spacial score (nSPS) is 20.1. The molecule has 0 saturated carbocycles. The summed E-state index contributed by atoms with van der Waals surface area (Å²) in [6, 6.07) is 8.35. The number of para-hydroxylation sites is 1. The zero-order chi connectivity index (χ0) is 13.2. The van der Waals surface area contributed by atoms with Gasteiger partial charge in [0.15, 0.2) is 0 Å². The van der Waals surface area contributed by atoms with Crippen molar-refractivity contribution in [2.75, 3.05) is 20.2 Å². The molecule has 18 heavy (non-hydrogen) atoms. The number of likely N-dealkylation sites (tertiary alicyclic amines) is 1. The van der Waals surface area contributed by atoms with Gasteiger partial charge < -0.3 is 14.7 Å². The summed E-state index contributed by atoms with van der Waals surface area (Å²) in [5, 5.41) is 10.8. The van der Waals surface area contributed by atoms with E-state index in [9.17, 15) is 5.11 Å². The van der Waals surface area contributed by atoms with Crippen molar-refractivity contribution in [2.45, 2.75) is 38.3 Å². The van der Waals surface area contributed by atoms with E-state index >= 15 is 0 Å². The zero-order valence-electron chi connectivity index (χ0n) is 11.5. The summed E-state index contributed by atoms with van der Waals surface area (Å²) in [6.07, 6.45) is 1.54. The van der Waals surface area contributed by atoms with E-state index in [1.807, 2.05) is 24.3 Å². The minimum Gasteiger partial charge on any atom is -0.496 e. The van der Waals surface area contributed by atoms with E-state index in [0.717, 1.165) is 37.2 Å². The highest BCUT2D eigenvalue weighted by molar-refractivity contribution is 5.38. The highest BCUT2D eigenvalue weighted by Crippen LogP contribution is 2.38. The van der Waals surface area contributed by atoms with Gasteiger partial charge in [0, 0.05) is 24.7 Å². The van der Waals surface area contributed by atoms with Gasteiger partial charge in [0.2, 0.25) is 0 Å². The summed E-state index contributed by atoms with van der Waals surface area (Å²) in [7, 11) is 1.66. The second-order valence-corrected chi connectivity index (χ2v) is 5.36. The Balaban J connectivity index is 2.18. The molecule has 1 aliphatic rings. The van der Waals surface area contributed by atoms with Crippen molar-refractivity contribution in [3.63, 3.8) is 0 Å². The monoisotopic (exact) mass is 249 g/mol. The Morgan fingerprint density at radius 1 is 1.22 bits per heavy atom. The molecule has 1 aromatic rings. The van der Waals surface area contributed by atoms with Crippen LogP contribution in [-0.2, 0) is 5.60 Å². The molecular formula is C15H23NO2. The van der Waals surface area contributed by atoms with E-state index in [2.05, 4.69) is 18.7 Å². The van der Waals surface area contributed by atoms with E-state index < -0.39 is 5.60 Å². The summed E-state index contributed by atoms with van der Waals surface area (Å²) in [6.45, 7) is 6.28. The molecule has 1 N–H and O–H groups in total. The third-order valence-corrected chi connectivity index (χ3v) is 3.96. The molecule has 0 radical (unpaired) electrons. The molecule has 2 rings (SSSR count). The number of methoxy groups -OCH3 is 1. The van der Waals surface area contributed by atoms with Crippen LogP contribution in [0.1, 0.15) is 32.3 Å². The summed E-state index contributed by atoms with van der Waals surface area (Å²) >= 11 is 0. The second-order valence-electron chi connectivity index (χ2n) is 5.36. The number of hydrogen-bond acceptors (Lipinski definition) is 3. The van der Waals surface area contributed by atoms with Gasteiger partial charge in [-0.15, -0.1) is 0 Å². The van der Waals surface area contributed by atoms with Crippen LogP contribution in [0, 0.1) is 0 Å². The molecule has 1 aliphatic heterocycles. The Morgan fingerprint density at radius 3 is 2.39 bits per heavy atom. The number of piperidine rings is 1. The molecule has 3 heteroatoms. The molecule has 0 bridgehead atoms. The standard InChI is InChI=1S/C15H23NO2/c1-12(2)16-10-8-15(17,9-11-16)13-6-4-5-7-14(13)18-3/h4-7,12,17H,8-11H2,1-3H3. The molecule has 0 aromatic heterocycles. The quantitative estimate of drug-likeness (QED) is 0.893. The van der Waals surface area contributed by atoms with Crippen LogP contribution in [0.25, 0.3) is 0 Å². The predicted molar refractivity (Wildman–Crippen MR) is 72.8 cm³/mol. The number of benzene rings is 1. The Hall–Kier alpha value is -1.06. The summed E-state index contributed by atoms with van der Waals surface area (Å²) in [5.41, 5.74) is 0.189. The van der Waals surface area contributed by atoms with E-state index in [0.29, 0.717) is 6.04 Å². The van der Waals surface area contributed by atoms with Crippen LogP contribution in [0.4, 0.5) is 0 Å². The SMILES string of the molecule is COc1ccccc1C1(O)CCN(C(C)C)CC1. The fourth-order valence-corrected chi connectivity index (χ4v) is 2.71. The average Bonchev–Trinajstić information content (AvgIpc) is 2.39. The lowest BCUT2D eigenvalue weighted by atomic mass is 9.83. The van der Waals surface area contributed by atoms with Crippen molar-refractivity contribution in [3.05, 3.63) is 29.8 Å². The van der Waals surface area contributed by atoms with E-state index in [-0.39, 0.29) is 0 Å². The van der Waals surface area contributed by atoms with Crippen LogP contribution < -0.4 is 4.74 Å². The number of hydrogen-bond donors (Lipinski definition) is 1. The smallest absolute Gasteiger partial charge is 0.124 e. The third-order valence-electron chi connectivity index (χ3n) is 3.96. The molecule has 0 atom stereocenters. The average molecular weight is 249 g/mol. The minimum absolute atomic E-state index is 0.548. The molecule has 1 heterocycles. The lowest BCUT2D eigenvalue weighted by molar-refractivity contribution is -0.0338. The van der Waals surface area contributed by atoms with Gasteiger partial charge in [-0.3, -0.25) is 0 Å². The Kier molecular flexibility index (Phi) is 3.93. The highest BCUT2D eigenvalue weighted by Gasteiger charge is 2.36. The maximum absolute atomic E-state index is 10.8. The van der Waals surface area contributed by atoms with Gasteiger partial charge >= 0.3 is 0 Å². The fourth-order valence-electron chi connectivity index (χ4n) is 2.71. The highest BCUT2D eigenvalue weighted by atomic mass is 16.5. The van der Waals surface area contributed by atoms with Crippen molar-refractivity contribution in [1.82, 2.24) is 4.90 Å². The Labute approximate surface area is 109 Å². The number of rotatable bonds is 3. The maximum Gasteiger partial charge on any atom is 0.124 e. The summed E-state index contributed by atoms with van der Waals surface area (Å²) in [4.78, 5) is 2.41. The number of nitrogens with zero attached hydrogens (tertiary/aromatic N) is 1. The first-order chi connectivity index (χ1) is 8.57. The third kappa shape index (κ3) is 2.52. The number of ether oxygens (including phenoxy) is 1. The molecule has 0 aliphatic carbocycles. The molecule has 0 unspecified atom stereocenters. The van der Waals surface area contributed by atoms with Gasteiger partial charge in [0.05, 0.1) is 12.7 Å². The van der Waals surface area contributed by atoms with Crippen LogP contribution >= 0.6 is 0 Å². The van der Waals surface area contributed by atoms with Gasteiger partial charge in [0.25, 0.3) is 0 Å². The first-order valence-electron chi connectivity index (χ1n) is 6.67. The minimum atomic E-state index is -0.738. The van der Waals surface area contributed by atoms with Crippen LogP contribution in [0.15, 0.2) is 24.3 Å². The molecule has 3 nitrogen and oxygen atoms in total.